The molecule has 17 heavy (non-hydrogen) atoms. The molecule has 3 atom stereocenters. The standard InChI is InChI=1S/C11H16N2O4/c1-6-4-13(5-7(6)11(16)17)8-3-9(14)12(2)10(8)15/h6-8H,3-5H2,1-2H3,(H,16,17). The highest BCUT2D eigenvalue weighted by Crippen LogP contribution is 2.28. The number of hydrogen-bond acceptors (Lipinski definition) is 4. The van der Waals surface area contributed by atoms with Crippen LogP contribution in [0.3, 0.4) is 0 Å². The van der Waals surface area contributed by atoms with Crippen LogP contribution in [0.5, 0.6) is 0 Å². The number of likely N-dealkylation sites (N-methyl/N-ethyl adjacent to an activating group) is 1. The van der Waals surface area contributed by atoms with E-state index >= 15 is 0 Å². The van der Waals surface area contributed by atoms with Crippen LogP contribution in [0.1, 0.15) is 13.3 Å². The van der Waals surface area contributed by atoms with Crippen molar-refractivity contribution in [2.24, 2.45) is 11.8 Å². The van der Waals surface area contributed by atoms with Crippen molar-refractivity contribution in [2.75, 3.05) is 20.1 Å². The molecular weight excluding hydrogens is 224 g/mol. The van der Waals surface area contributed by atoms with Crippen LogP contribution >= 0.6 is 0 Å². The molecule has 2 saturated heterocycles. The molecule has 0 aromatic heterocycles. The zero-order chi connectivity index (χ0) is 12.7. The Hall–Kier alpha value is -1.43. The highest BCUT2D eigenvalue weighted by atomic mass is 16.4. The van der Waals surface area contributed by atoms with Crippen molar-refractivity contribution < 1.29 is 19.5 Å². The summed E-state index contributed by atoms with van der Waals surface area (Å²) >= 11 is 0. The van der Waals surface area contributed by atoms with Crippen molar-refractivity contribution in [2.45, 2.75) is 19.4 Å². The third kappa shape index (κ3) is 1.93. The summed E-state index contributed by atoms with van der Waals surface area (Å²) in [6.07, 6.45) is 0.175. The van der Waals surface area contributed by atoms with Crippen molar-refractivity contribution >= 4 is 17.8 Å². The number of hydrogen-bond donors (Lipinski definition) is 1. The van der Waals surface area contributed by atoms with Gasteiger partial charge in [0.2, 0.25) is 11.8 Å². The lowest BCUT2D eigenvalue weighted by Gasteiger charge is -2.21. The molecule has 2 fully saturated rings. The smallest absolute Gasteiger partial charge is 0.308 e. The summed E-state index contributed by atoms with van der Waals surface area (Å²) in [6.45, 7) is 2.78. The van der Waals surface area contributed by atoms with E-state index in [0.717, 1.165) is 4.90 Å². The Labute approximate surface area is 99.2 Å². The van der Waals surface area contributed by atoms with Crippen LogP contribution < -0.4 is 0 Å². The summed E-state index contributed by atoms with van der Waals surface area (Å²) in [5.41, 5.74) is 0. The minimum Gasteiger partial charge on any atom is -0.481 e. The molecule has 0 aromatic carbocycles. The van der Waals surface area contributed by atoms with Gasteiger partial charge in [-0.1, -0.05) is 6.92 Å². The van der Waals surface area contributed by atoms with Crippen LogP contribution in [0.25, 0.3) is 0 Å². The quantitative estimate of drug-likeness (QED) is 0.652. The lowest BCUT2D eigenvalue weighted by molar-refractivity contribution is -0.143. The van der Waals surface area contributed by atoms with E-state index in [1.165, 1.54) is 7.05 Å². The first kappa shape index (κ1) is 12.0. The van der Waals surface area contributed by atoms with Gasteiger partial charge in [0.1, 0.15) is 0 Å². The number of aliphatic carboxylic acids is 1. The summed E-state index contributed by atoms with van der Waals surface area (Å²) < 4.78 is 0. The van der Waals surface area contributed by atoms with Crippen LogP contribution in [-0.4, -0.2) is 58.9 Å². The van der Waals surface area contributed by atoms with Gasteiger partial charge in [-0.25, -0.2) is 0 Å². The fourth-order valence-electron chi connectivity index (χ4n) is 2.60. The number of carboxylic acid groups (broad SMARTS) is 1. The predicted molar refractivity (Wildman–Crippen MR) is 58.0 cm³/mol. The average molecular weight is 240 g/mol. The molecule has 6 nitrogen and oxygen atoms in total. The Morgan fingerprint density at radius 2 is 2.00 bits per heavy atom. The number of carbonyl (C=O) groups is 3. The van der Waals surface area contributed by atoms with Gasteiger partial charge in [-0.05, 0) is 5.92 Å². The molecule has 0 aliphatic carbocycles. The van der Waals surface area contributed by atoms with E-state index in [4.69, 9.17) is 5.11 Å². The Morgan fingerprint density at radius 3 is 2.41 bits per heavy atom. The van der Waals surface area contributed by atoms with Gasteiger partial charge < -0.3 is 5.11 Å². The first-order chi connectivity index (χ1) is 7.91. The monoisotopic (exact) mass is 240 g/mol. The molecule has 0 bridgehead atoms. The highest BCUT2D eigenvalue weighted by molar-refractivity contribution is 6.05. The molecule has 2 heterocycles. The second-order valence-corrected chi connectivity index (χ2v) is 4.89. The number of imide groups is 1. The summed E-state index contributed by atoms with van der Waals surface area (Å²) in [5.74, 6) is -1.66. The third-order valence-electron chi connectivity index (χ3n) is 3.76. The summed E-state index contributed by atoms with van der Waals surface area (Å²) in [7, 11) is 1.47. The zero-order valence-corrected chi connectivity index (χ0v) is 9.92. The summed E-state index contributed by atoms with van der Waals surface area (Å²) in [5, 5.41) is 9.03. The molecule has 2 amide bonds. The van der Waals surface area contributed by atoms with Crippen LogP contribution in [0, 0.1) is 11.8 Å². The number of likely N-dealkylation sites (tertiary alicyclic amines) is 2. The van der Waals surface area contributed by atoms with E-state index in [2.05, 4.69) is 0 Å². The molecule has 94 valence electrons. The van der Waals surface area contributed by atoms with Crippen LogP contribution in [0.2, 0.25) is 0 Å². The molecule has 1 N–H and O–H groups in total. The Kier molecular flexibility index (Phi) is 2.91. The number of amides is 2. The van der Waals surface area contributed by atoms with Crippen LogP contribution in [0.15, 0.2) is 0 Å². The molecule has 3 unspecified atom stereocenters. The summed E-state index contributed by atoms with van der Waals surface area (Å²) in [6, 6.07) is -0.459. The second-order valence-electron chi connectivity index (χ2n) is 4.89. The average Bonchev–Trinajstić information content (AvgIpc) is 2.75. The second kappa shape index (κ2) is 4.10. The van der Waals surface area contributed by atoms with Gasteiger partial charge in [-0.15, -0.1) is 0 Å². The molecule has 0 spiro atoms. The minimum atomic E-state index is -0.829. The van der Waals surface area contributed by atoms with E-state index in [1.54, 1.807) is 0 Å². The van der Waals surface area contributed by atoms with Crippen molar-refractivity contribution in [3.8, 4) is 0 Å². The van der Waals surface area contributed by atoms with Crippen LogP contribution in [-0.2, 0) is 14.4 Å². The maximum absolute atomic E-state index is 11.8. The Morgan fingerprint density at radius 1 is 1.35 bits per heavy atom. The molecule has 6 heteroatoms. The summed E-state index contributed by atoms with van der Waals surface area (Å²) in [4.78, 5) is 37.2. The Bertz CT molecular complexity index is 382. The fraction of sp³-hybridized carbons (Fsp3) is 0.727. The van der Waals surface area contributed by atoms with Gasteiger partial charge in [0.15, 0.2) is 0 Å². The fourth-order valence-corrected chi connectivity index (χ4v) is 2.60. The van der Waals surface area contributed by atoms with Gasteiger partial charge in [0.25, 0.3) is 0 Å². The van der Waals surface area contributed by atoms with Crippen LogP contribution in [0.4, 0.5) is 0 Å². The third-order valence-corrected chi connectivity index (χ3v) is 3.76. The Balaban J connectivity index is 2.09. The molecule has 2 aliphatic heterocycles. The molecule has 0 aromatic rings. The minimum absolute atomic E-state index is 0.0151. The normalized spacial score (nSPS) is 34.7. The molecule has 2 rings (SSSR count). The van der Waals surface area contributed by atoms with Gasteiger partial charge in [0, 0.05) is 20.1 Å². The number of carboxylic acids is 1. The molecule has 0 radical (unpaired) electrons. The number of nitrogens with zero attached hydrogens (tertiary/aromatic N) is 2. The predicted octanol–water partition coefficient (Wildman–Crippen LogP) is -0.604. The van der Waals surface area contributed by atoms with Gasteiger partial charge in [-0.3, -0.25) is 24.2 Å². The van der Waals surface area contributed by atoms with Crippen molar-refractivity contribution in [1.82, 2.24) is 9.80 Å². The lowest BCUT2D eigenvalue weighted by Crippen LogP contribution is -2.40. The van der Waals surface area contributed by atoms with E-state index in [0.29, 0.717) is 13.1 Å². The molecule has 0 saturated carbocycles. The van der Waals surface area contributed by atoms with Crippen molar-refractivity contribution in [1.29, 1.82) is 0 Å². The van der Waals surface area contributed by atoms with Gasteiger partial charge in [-0.2, -0.15) is 0 Å². The SMILES string of the molecule is CC1CN(C2CC(=O)N(C)C2=O)CC1C(=O)O. The van der Waals surface area contributed by atoms with E-state index in [1.807, 2.05) is 11.8 Å². The molecular formula is C11H16N2O4. The van der Waals surface area contributed by atoms with Gasteiger partial charge in [0.05, 0.1) is 18.4 Å². The molecule has 2 aliphatic rings. The zero-order valence-electron chi connectivity index (χ0n) is 9.92. The lowest BCUT2D eigenvalue weighted by atomic mass is 9.99. The topological polar surface area (TPSA) is 77.9 Å². The maximum Gasteiger partial charge on any atom is 0.308 e. The highest BCUT2D eigenvalue weighted by Gasteiger charge is 2.45. The number of carbonyl (C=O) groups excluding carboxylic acids is 2. The van der Waals surface area contributed by atoms with Crippen molar-refractivity contribution in [3.05, 3.63) is 0 Å². The van der Waals surface area contributed by atoms with E-state index in [-0.39, 0.29) is 24.2 Å². The first-order valence-corrected chi connectivity index (χ1v) is 5.69. The van der Waals surface area contributed by atoms with E-state index < -0.39 is 17.9 Å². The van der Waals surface area contributed by atoms with Crippen molar-refractivity contribution in [3.63, 3.8) is 0 Å². The maximum atomic E-state index is 11.8. The van der Waals surface area contributed by atoms with E-state index in [9.17, 15) is 14.4 Å². The number of rotatable bonds is 2. The first-order valence-electron chi connectivity index (χ1n) is 5.69. The van der Waals surface area contributed by atoms with Gasteiger partial charge >= 0.3 is 5.97 Å². The largest absolute Gasteiger partial charge is 0.481 e.